The Morgan fingerprint density at radius 1 is 1.00 bits per heavy atom. The zero-order valence-corrected chi connectivity index (χ0v) is 22.9. The Morgan fingerprint density at radius 2 is 1.67 bits per heavy atom. The topological polar surface area (TPSA) is 99.4 Å². The smallest absolute Gasteiger partial charge is 0.269 e. The zero-order chi connectivity index (χ0) is 27.9. The van der Waals surface area contributed by atoms with E-state index in [1.54, 1.807) is 29.0 Å². The summed E-state index contributed by atoms with van der Waals surface area (Å²) in [7, 11) is 1.69. The van der Waals surface area contributed by atoms with Crippen molar-refractivity contribution in [3.63, 3.8) is 0 Å². The SMILES string of the molecule is CC1=NC(C)=C(N(C=O)CCCN2CCC(c3ccccc3)CC2)C(c2ccc([N+](=O)[O-])cc2)C1N(C)C=O. The second-order valence-corrected chi connectivity index (χ2v) is 10.4. The first kappa shape index (κ1) is 28.2. The number of carbonyl (C=O) groups is 2. The first-order valence-electron chi connectivity index (χ1n) is 13.5. The number of nitro groups is 1. The summed E-state index contributed by atoms with van der Waals surface area (Å²) in [6, 6.07) is 16.6. The van der Waals surface area contributed by atoms with E-state index in [1.807, 2.05) is 13.8 Å². The normalized spacial score (nSPS) is 20.3. The highest BCUT2D eigenvalue weighted by molar-refractivity contribution is 5.92. The van der Waals surface area contributed by atoms with E-state index in [0.717, 1.165) is 68.7 Å². The quantitative estimate of drug-likeness (QED) is 0.240. The summed E-state index contributed by atoms with van der Waals surface area (Å²) in [5.74, 6) is 0.213. The van der Waals surface area contributed by atoms with Gasteiger partial charge in [-0.15, -0.1) is 0 Å². The van der Waals surface area contributed by atoms with Crippen LogP contribution in [0, 0.1) is 10.1 Å². The second-order valence-electron chi connectivity index (χ2n) is 10.4. The third-order valence-corrected chi connectivity index (χ3v) is 7.99. The molecule has 0 N–H and O–H groups in total. The molecule has 39 heavy (non-hydrogen) atoms. The minimum absolute atomic E-state index is 0.00855. The molecule has 0 saturated carbocycles. The van der Waals surface area contributed by atoms with E-state index in [2.05, 4.69) is 35.2 Å². The van der Waals surface area contributed by atoms with Gasteiger partial charge in [0.05, 0.1) is 28.3 Å². The van der Waals surface area contributed by atoms with Crippen molar-refractivity contribution in [1.82, 2.24) is 14.7 Å². The van der Waals surface area contributed by atoms with Gasteiger partial charge in [-0.1, -0.05) is 42.5 Å². The molecular weight excluding hydrogens is 494 g/mol. The highest BCUT2D eigenvalue weighted by Crippen LogP contribution is 2.39. The minimum Gasteiger partial charge on any atom is -0.339 e. The summed E-state index contributed by atoms with van der Waals surface area (Å²) in [4.78, 5) is 45.5. The summed E-state index contributed by atoms with van der Waals surface area (Å²) in [5, 5.41) is 11.2. The number of piperidine rings is 1. The lowest BCUT2D eigenvalue weighted by Gasteiger charge is -2.40. The van der Waals surface area contributed by atoms with Crippen molar-refractivity contribution < 1.29 is 14.5 Å². The van der Waals surface area contributed by atoms with E-state index in [4.69, 9.17) is 4.99 Å². The van der Waals surface area contributed by atoms with Crippen LogP contribution in [0.3, 0.4) is 0 Å². The predicted octanol–water partition coefficient (Wildman–Crippen LogP) is 4.57. The van der Waals surface area contributed by atoms with Crippen LogP contribution in [0.15, 0.2) is 71.0 Å². The van der Waals surface area contributed by atoms with Crippen LogP contribution < -0.4 is 0 Å². The van der Waals surface area contributed by atoms with E-state index in [-0.39, 0.29) is 11.6 Å². The third-order valence-electron chi connectivity index (χ3n) is 7.99. The van der Waals surface area contributed by atoms with Crippen molar-refractivity contribution in [3.05, 3.63) is 87.2 Å². The van der Waals surface area contributed by atoms with Crippen LogP contribution in [0.5, 0.6) is 0 Å². The van der Waals surface area contributed by atoms with Gasteiger partial charge in [-0.2, -0.15) is 0 Å². The molecule has 0 bridgehead atoms. The summed E-state index contributed by atoms with van der Waals surface area (Å²) < 4.78 is 0. The lowest BCUT2D eigenvalue weighted by atomic mass is 9.82. The average molecular weight is 532 g/mol. The van der Waals surface area contributed by atoms with Crippen molar-refractivity contribution >= 4 is 24.2 Å². The fourth-order valence-corrected chi connectivity index (χ4v) is 6.04. The monoisotopic (exact) mass is 531 g/mol. The Kier molecular flexibility index (Phi) is 9.24. The summed E-state index contributed by atoms with van der Waals surface area (Å²) in [6.07, 6.45) is 4.65. The number of aliphatic imine (C=N–C) groups is 1. The number of nitrogens with zero attached hydrogens (tertiary/aromatic N) is 5. The molecule has 4 rings (SSSR count). The molecule has 2 aliphatic rings. The lowest BCUT2D eigenvalue weighted by molar-refractivity contribution is -0.384. The summed E-state index contributed by atoms with van der Waals surface area (Å²) in [5.41, 5.74) is 4.38. The van der Waals surface area contributed by atoms with E-state index in [1.165, 1.54) is 17.7 Å². The van der Waals surface area contributed by atoms with Crippen molar-refractivity contribution in [1.29, 1.82) is 0 Å². The zero-order valence-electron chi connectivity index (χ0n) is 22.9. The number of allylic oxidation sites excluding steroid dienone is 1. The molecule has 1 fully saturated rings. The van der Waals surface area contributed by atoms with E-state index < -0.39 is 11.0 Å². The number of nitro benzene ring substituents is 1. The number of hydrogen-bond acceptors (Lipinski definition) is 6. The van der Waals surface area contributed by atoms with Crippen LogP contribution in [0.1, 0.15) is 56.1 Å². The summed E-state index contributed by atoms with van der Waals surface area (Å²) >= 11 is 0. The molecule has 9 heteroatoms. The van der Waals surface area contributed by atoms with Crippen molar-refractivity contribution in [2.24, 2.45) is 4.99 Å². The highest BCUT2D eigenvalue weighted by atomic mass is 16.6. The Labute approximate surface area is 230 Å². The molecule has 0 spiro atoms. The van der Waals surface area contributed by atoms with Crippen molar-refractivity contribution in [3.8, 4) is 0 Å². The molecule has 2 atom stereocenters. The van der Waals surface area contributed by atoms with E-state index in [9.17, 15) is 19.7 Å². The van der Waals surface area contributed by atoms with Crippen LogP contribution in [-0.4, -0.2) is 77.4 Å². The van der Waals surface area contributed by atoms with E-state index >= 15 is 0 Å². The molecule has 0 aliphatic carbocycles. The molecule has 2 heterocycles. The molecule has 2 amide bonds. The maximum atomic E-state index is 12.4. The Bertz CT molecular complexity index is 1220. The standard InChI is InChI=1S/C30H37N5O4/c1-22-29(32(3)20-36)28(26-10-12-27(13-11-26)35(38)39)30(23(2)31-22)34(21-37)17-7-16-33-18-14-25(15-19-33)24-8-5-4-6-9-24/h4-6,8-13,20-21,25,28-29H,7,14-19H2,1-3H3. The Balaban J connectivity index is 1.49. The molecule has 0 aromatic heterocycles. The van der Waals surface area contributed by atoms with Gasteiger partial charge in [0.1, 0.15) is 0 Å². The van der Waals surface area contributed by atoms with E-state index in [0.29, 0.717) is 18.2 Å². The Hall–Kier alpha value is -3.85. The van der Waals surface area contributed by atoms with Crippen LogP contribution in [0.4, 0.5) is 5.69 Å². The highest BCUT2D eigenvalue weighted by Gasteiger charge is 2.38. The molecule has 2 aliphatic heterocycles. The van der Waals surface area contributed by atoms with Gasteiger partial charge < -0.3 is 14.7 Å². The number of hydrogen-bond donors (Lipinski definition) is 0. The number of likely N-dealkylation sites (tertiary alicyclic amines) is 1. The van der Waals surface area contributed by atoms with Gasteiger partial charge in [-0.3, -0.25) is 24.7 Å². The van der Waals surface area contributed by atoms with Crippen molar-refractivity contribution in [2.45, 2.75) is 51.0 Å². The third kappa shape index (κ3) is 6.42. The largest absolute Gasteiger partial charge is 0.339 e. The van der Waals surface area contributed by atoms with Gasteiger partial charge in [0, 0.05) is 31.4 Å². The average Bonchev–Trinajstić information content (AvgIpc) is 2.96. The van der Waals surface area contributed by atoms with Crippen LogP contribution in [0.25, 0.3) is 0 Å². The number of benzene rings is 2. The van der Waals surface area contributed by atoms with Gasteiger partial charge in [-0.25, -0.2) is 0 Å². The second kappa shape index (κ2) is 12.8. The number of carbonyl (C=O) groups excluding carboxylic acids is 2. The van der Waals surface area contributed by atoms with Crippen molar-refractivity contribution in [2.75, 3.05) is 33.2 Å². The molecule has 9 nitrogen and oxygen atoms in total. The summed E-state index contributed by atoms with van der Waals surface area (Å²) in [6.45, 7) is 7.21. The molecule has 206 valence electrons. The predicted molar refractivity (Wildman–Crippen MR) is 152 cm³/mol. The number of amides is 2. The van der Waals surface area contributed by atoms with Crippen LogP contribution in [-0.2, 0) is 9.59 Å². The molecule has 2 aromatic carbocycles. The first-order chi connectivity index (χ1) is 18.8. The Morgan fingerprint density at radius 3 is 2.26 bits per heavy atom. The maximum Gasteiger partial charge on any atom is 0.269 e. The van der Waals surface area contributed by atoms with Gasteiger partial charge in [0.2, 0.25) is 12.8 Å². The van der Waals surface area contributed by atoms with Gasteiger partial charge in [-0.05, 0) is 69.8 Å². The molecular formula is C30H37N5O4. The van der Waals surface area contributed by atoms with Crippen LogP contribution >= 0.6 is 0 Å². The minimum atomic E-state index is -0.436. The molecule has 1 saturated heterocycles. The fraction of sp³-hybridized carbons (Fsp3) is 0.433. The van der Waals surface area contributed by atoms with Gasteiger partial charge in [0.15, 0.2) is 0 Å². The number of likely N-dealkylation sites (N-methyl/N-ethyl adjacent to an activating group) is 1. The number of non-ortho nitro benzene ring substituents is 1. The number of rotatable bonds is 11. The maximum absolute atomic E-state index is 12.4. The molecule has 2 unspecified atom stereocenters. The molecule has 0 radical (unpaired) electrons. The first-order valence-corrected chi connectivity index (χ1v) is 13.5. The lowest BCUT2D eigenvalue weighted by Crippen LogP contribution is -2.47. The van der Waals surface area contributed by atoms with Gasteiger partial charge in [0.25, 0.3) is 5.69 Å². The van der Waals surface area contributed by atoms with Gasteiger partial charge >= 0.3 is 0 Å². The van der Waals surface area contributed by atoms with Crippen LogP contribution in [0.2, 0.25) is 0 Å². The molecule has 2 aromatic rings. The fourth-order valence-electron chi connectivity index (χ4n) is 6.04.